The molecule has 3 aromatic rings. The van der Waals surface area contributed by atoms with Crippen molar-refractivity contribution in [2.45, 2.75) is 25.9 Å². The van der Waals surface area contributed by atoms with E-state index in [9.17, 15) is 19.8 Å². The molecular weight excluding hydrogens is 438 g/mol. The first-order valence-corrected chi connectivity index (χ1v) is 10.9. The summed E-state index contributed by atoms with van der Waals surface area (Å²) in [5, 5.41) is 21.6. The van der Waals surface area contributed by atoms with Crippen LogP contribution in [0.1, 0.15) is 36.3 Å². The molecule has 1 aliphatic rings. The molecule has 1 atom stereocenters. The van der Waals surface area contributed by atoms with Gasteiger partial charge in [0, 0.05) is 5.56 Å². The van der Waals surface area contributed by atoms with Crippen LogP contribution in [0.4, 0.5) is 0 Å². The number of furan rings is 1. The lowest BCUT2D eigenvalue weighted by Crippen LogP contribution is -2.29. The standard InChI is InChI=1S/C26H25NO7/c1-3-11-33-18-7-4-6-17(13-18)24(29)22-23(16-9-10-21(32-2)20(28)14-16)27(26(31)25(22)30)15-19-8-5-12-34-19/h4-10,12-14,23,28-29H,3,11,15H2,1-2H3/b24-22-. The lowest BCUT2D eigenvalue weighted by atomic mass is 9.95. The number of Topliss-reactive ketones (excluding diaryl/α,β-unsaturated/α-hetero) is 1. The molecule has 0 radical (unpaired) electrons. The molecule has 4 rings (SSSR count). The Labute approximate surface area is 196 Å². The number of likely N-dealkylation sites (tertiary alicyclic amines) is 1. The number of aliphatic hydroxyl groups is 1. The summed E-state index contributed by atoms with van der Waals surface area (Å²) in [5.41, 5.74) is 0.685. The van der Waals surface area contributed by atoms with Crippen LogP contribution in [0.25, 0.3) is 5.76 Å². The molecule has 1 fully saturated rings. The van der Waals surface area contributed by atoms with Crippen molar-refractivity contribution < 1.29 is 33.7 Å². The fraction of sp³-hybridized carbons (Fsp3) is 0.231. The number of hydrogen-bond acceptors (Lipinski definition) is 7. The third-order valence-corrected chi connectivity index (χ3v) is 5.55. The first kappa shape index (κ1) is 23.0. The van der Waals surface area contributed by atoms with Gasteiger partial charge in [-0.15, -0.1) is 0 Å². The van der Waals surface area contributed by atoms with Gasteiger partial charge in [0.25, 0.3) is 11.7 Å². The molecule has 8 heteroatoms. The van der Waals surface area contributed by atoms with E-state index in [0.717, 1.165) is 6.42 Å². The minimum absolute atomic E-state index is 0.00542. The number of rotatable bonds is 8. The third kappa shape index (κ3) is 4.34. The number of nitrogens with zero attached hydrogens (tertiary/aromatic N) is 1. The van der Waals surface area contributed by atoms with E-state index in [1.807, 2.05) is 6.92 Å². The lowest BCUT2D eigenvalue weighted by molar-refractivity contribution is -0.140. The number of amides is 1. The summed E-state index contributed by atoms with van der Waals surface area (Å²) in [6.45, 7) is 2.49. The van der Waals surface area contributed by atoms with Crippen molar-refractivity contribution >= 4 is 17.4 Å². The number of ketones is 1. The minimum Gasteiger partial charge on any atom is -0.507 e. The molecule has 34 heavy (non-hydrogen) atoms. The normalized spacial score (nSPS) is 17.2. The van der Waals surface area contributed by atoms with E-state index in [0.29, 0.717) is 29.2 Å². The van der Waals surface area contributed by atoms with Crippen molar-refractivity contribution in [3.8, 4) is 17.2 Å². The highest BCUT2D eigenvalue weighted by Crippen LogP contribution is 2.42. The molecule has 1 aliphatic heterocycles. The van der Waals surface area contributed by atoms with Crippen LogP contribution in [0.5, 0.6) is 17.2 Å². The van der Waals surface area contributed by atoms with E-state index in [1.54, 1.807) is 42.5 Å². The van der Waals surface area contributed by atoms with Crippen molar-refractivity contribution in [2.24, 2.45) is 0 Å². The van der Waals surface area contributed by atoms with Crippen LogP contribution in [0.2, 0.25) is 0 Å². The highest BCUT2D eigenvalue weighted by atomic mass is 16.5. The highest BCUT2D eigenvalue weighted by Gasteiger charge is 2.46. The summed E-state index contributed by atoms with van der Waals surface area (Å²) in [6, 6.07) is 13.7. The molecule has 1 aromatic heterocycles. The van der Waals surface area contributed by atoms with Gasteiger partial charge in [0.2, 0.25) is 0 Å². The number of carbonyl (C=O) groups is 2. The van der Waals surface area contributed by atoms with Gasteiger partial charge >= 0.3 is 0 Å². The lowest BCUT2D eigenvalue weighted by Gasteiger charge is -2.25. The summed E-state index contributed by atoms with van der Waals surface area (Å²) in [7, 11) is 1.42. The maximum absolute atomic E-state index is 13.1. The summed E-state index contributed by atoms with van der Waals surface area (Å²) in [6.07, 6.45) is 2.29. The van der Waals surface area contributed by atoms with Crippen molar-refractivity contribution in [3.63, 3.8) is 0 Å². The second-order valence-electron chi connectivity index (χ2n) is 7.81. The predicted octanol–water partition coefficient (Wildman–Crippen LogP) is 4.40. The molecule has 8 nitrogen and oxygen atoms in total. The summed E-state index contributed by atoms with van der Waals surface area (Å²) in [4.78, 5) is 27.5. The monoisotopic (exact) mass is 463 g/mol. The van der Waals surface area contributed by atoms with Crippen LogP contribution < -0.4 is 9.47 Å². The Kier molecular flexibility index (Phi) is 6.58. The molecule has 0 saturated carbocycles. The molecule has 0 bridgehead atoms. The fourth-order valence-electron chi connectivity index (χ4n) is 3.95. The van der Waals surface area contributed by atoms with Crippen LogP contribution >= 0.6 is 0 Å². The van der Waals surface area contributed by atoms with Gasteiger partial charge in [-0.05, 0) is 48.4 Å². The Morgan fingerprint density at radius 3 is 2.62 bits per heavy atom. The van der Waals surface area contributed by atoms with Gasteiger partial charge in [0.1, 0.15) is 17.3 Å². The minimum atomic E-state index is -0.956. The molecule has 0 aliphatic carbocycles. The molecule has 2 N–H and O–H groups in total. The van der Waals surface area contributed by atoms with Gasteiger partial charge in [-0.3, -0.25) is 9.59 Å². The summed E-state index contributed by atoms with van der Waals surface area (Å²) in [5.74, 6) is -0.844. The van der Waals surface area contributed by atoms with E-state index < -0.39 is 17.7 Å². The third-order valence-electron chi connectivity index (χ3n) is 5.55. The Bertz CT molecular complexity index is 1230. The average molecular weight is 463 g/mol. The second kappa shape index (κ2) is 9.74. The van der Waals surface area contributed by atoms with Crippen LogP contribution in [0.15, 0.2) is 70.9 Å². The molecule has 2 aromatic carbocycles. The molecule has 1 unspecified atom stereocenters. The molecule has 1 amide bonds. The second-order valence-corrected chi connectivity index (χ2v) is 7.81. The number of aliphatic hydroxyl groups excluding tert-OH is 1. The van der Waals surface area contributed by atoms with Gasteiger partial charge < -0.3 is 29.0 Å². The zero-order valence-electron chi connectivity index (χ0n) is 18.9. The number of hydrogen-bond donors (Lipinski definition) is 2. The number of carbonyl (C=O) groups excluding carboxylic acids is 2. The predicted molar refractivity (Wildman–Crippen MR) is 123 cm³/mol. The molecule has 0 spiro atoms. The smallest absolute Gasteiger partial charge is 0.296 e. The number of methoxy groups -OCH3 is 1. The van der Waals surface area contributed by atoms with Gasteiger partial charge in [0.15, 0.2) is 11.5 Å². The van der Waals surface area contributed by atoms with Crippen molar-refractivity contribution in [2.75, 3.05) is 13.7 Å². The van der Waals surface area contributed by atoms with Gasteiger partial charge in [-0.2, -0.15) is 0 Å². The fourth-order valence-corrected chi connectivity index (χ4v) is 3.95. The molecular formula is C26H25NO7. The molecule has 1 saturated heterocycles. The zero-order valence-corrected chi connectivity index (χ0v) is 18.9. The summed E-state index contributed by atoms with van der Waals surface area (Å²) >= 11 is 0. The zero-order chi connectivity index (χ0) is 24.2. The maximum atomic E-state index is 13.1. The Balaban J connectivity index is 1.84. The Morgan fingerprint density at radius 1 is 1.12 bits per heavy atom. The van der Waals surface area contributed by atoms with Gasteiger partial charge in [-0.1, -0.05) is 25.1 Å². The Morgan fingerprint density at radius 2 is 1.94 bits per heavy atom. The first-order chi connectivity index (χ1) is 16.4. The van der Waals surface area contributed by atoms with Crippen molar-refractivity contribution in [1.82, 2.24) is 4.90 Å². The van der Waals surface area contributed by atoms with Gasteiger partial charge in [0.05, 0.1) is 38.1 Å². The highest BCUT2D eigenvalue weighted by molar-refractivity contribution is 6.46. The number of ether oxygens (including phenoxy) is 2. The van der Waals surface area contributed by atoms with Crippen LogP contribution in [0.3, 0.4) is 0 Å². The number of phenols is 1. The number of phenolic OH excluding ortho intramolecular Hbond substituents is 1. The maximum Gasteiger partial charge on any atom is 0.296 e. The van der Waals surface area contributed by atoms with E-state index in [4.69, 9.17) is 13.9 Å². The molecule has 2 heterocycles. The van der Waals surface area contributed by atoms with Gasteiger partial charge in [-0.25, -0.2) is 0 Å². The number of benzene rings is 2. The Hall–Kier alpha value is -4.20. The van der Waals surface area contributed by atoms with Crippen LogP contribution in [-0.2, 0) is 16.1 Å². The quantitative estimate of drug-likeness (QED) is 0.289. The first-order valence-electron chi connectivity index (χ1n) is 10.9. The number of aromatic hydroxyl groups is 1. The van der Waals surface area contributed by atoms with E-state index in [-0.39, 0.29) is 29.4 Å². The summed E-state index contributed by atoms with van der Waals surface area (Å²) < 4.78 is 16.2. The van der Waals surface area contributed by atoms with E-state index in [1.165, 1.54) is 30.4 Å². The van der Waals surface area contributed by atoms with Crippen molar-refractivity contribution in [3.05, 3.63) is 83.3 Å². The SMILES string of the molecule is CCCOc1cccc(/C(O)=C2/C(=O)C(=O)N(Cc3ccco3)C2c2ccc(OC)c(O)c2)c1. The van der Waals surface area contributed by atoms with E-state index >= 15 is 0 Å². The topological polar surface area (TPSA) is 109 Å². The average Bonchev–Trinajstić information content (AvgIpc) is 3.45. The van der Waals surface area contributed by atoms with Crippen LogP contribution in [-0.4, -0.2) is 40.5 Å². The van der Waals surface area contributed by atoms with Crippen molar-refractivity contribution in [1.29, 1.82) is 0 Å². The largest absolute Gasteiger partial charge is 0.507 e. The molecule has 176 valence electrons. The van der Waals surface area contributed by atoms with E-state index in [2.05, 4.69) is 0 Å². The van der Waals surface area contributed by atoms with Crippen LogP contribution in [0, 0.1) is 0 Å².